The summed E-state index contributed by atoms with van der Waals surface area (Å²) in [4.78, 5) is 15.1. The number of hydrogen-bond donors (Lipinski definition) is 1. The van der Waals surface area contributed by atoms with Gasteiger partial charge in [0.1, 0.15) is 0 Å². The zero-order valence-corrected chi connectivity index (χ0v) is 15.3. The smallest absolute Gasteiger partial charge is 0.303 e. The van der Waals surface area contributed by atoms with Crippen LogP contribution in [0.1, 0.15) is 58.4 Å². The lowest BCUT2D eigenvalue weighted by Gasteiger charge is -2.26. The molecule has 0 amide bonds. The molecule has 1 unspecified atom stereocenters. The molecule has 0 aromatic heterocycles. The molecule has 0 aliphatic carbocycles. The third kappa shape index (κ3) is 6.30. The number of benzene rings is 1. The lowest BCUT2D eigenvalue weighted by atomic mass is 9.94. The second-order valence-corrected chi connectivity index (χ2v) is 6.54. The van der Waals surface area contributed by atoms with E-state index in [9.17, 15) is 4.79 Å². The fourth-order valence-corrected chi connectivity index (χ4v) is 2.26. The minimum Gasteiger partial charge on any atom is -0.481 e. The van der Waals surface area contributed by atoms with E-state index in [0.29, 0.717) is 19.3 Å². The average Bonchev–Trinajstić information content (AvgIpc) is 2.57. The molecule has 0 saturated carbocycles. The van der Waals surface area contributed by atoms with Crippen LogP contribution >= 0.6 is 12.2 Å². The first-order valence-corrected chi connectivity index (χ1v) is 8.56. The zero-order valence-electron chi connectivity index (χ0n) is 14.5. The van der Waals surface area contributed by atoms with Gasteiger partial charge in [0.25, 0.3) is 0 Å². The van der Waals surface area contributed by atoms with E-state index < -0.39 is 11.6 Å². The van der Waals surface area contributed by atoms with Crippen molar-refractivity contribution < 1.29 is 9.90 Å². The third-order valence-electron chi connectivity index (χ3n) is 3.98. The third-order valence-corrected chi connectivity index (χ3v) is 4.08. The van der Waals surface area contributed by atoms with E-state index in [-0.39, 0.29) is 12.0 Å². The number of isothiocyanates is 1. The second-order valence-electron chi connectivity index (χ2n) is 6.35. The van der Waals surface area contributed by atoms with Crippen LogP contribution in [0.25, 0.3) is 0 Å². The molecule has 0 aliphatic heterocycles. The Bertz CT molecular complexity index is 610. The van der Waals surface area contributed by atoms with E-state index in [1.807, 2.05) is 44.2 Å². The highest BCUT2D eigenvalue weighted by molar-refractivity contribution is 7.78. The Morgan fingerprint density at radius 2 is 1.88 bits per heavy atom. The van der Waals surface area contributed by atoms with Crippen molar-refractivity contribution >= 4 is 23.3 Å². The number of rotatable bonds is 10. The van der Waals surface area contributed by atoms with Crippen LogP contribution < -0.4 is 0 Å². The van der Waals surface area contributed by atoms with Crippen molar-refractivity contribution in [3.05, 3.63) is 35.9 Å². The van der Waals surface area contributed by atoms with Gasteiger partial charge < -0.3 is 5.11 Å². The summed E-state index contributed by atoms with van der Waals surface area (Å²) >= 11 is 4.84. The molecule has 1 aromatic rings. The lowest BCUT2D eigenvalue weighted by Crippen LogP contribution is -2.23. The largest absolute Gasteiger partial charge is 0.481 e. The van der Waals surface area contributed by atoms with Gasteiger partial charge in [-0.05, 0) is 51.7 Å². The SMILES string of the molecule is CCC(C)(C)N=NC(CCCCC(=O)O)(N=C=S)c1ccccc1. The van der Waals surface area contributed by atoms with Crippen molar-refractivity contribution in [2.45, 2.75) is 64.1 Å². The number of thiocarbonyl (C=S) groups is 1. The summed E-state index contributed by atoms with van der Waals surface area (Å²) in [5.41, 5.74) is -0.347. The first kappa shape index (κ1) is 20.1. The highest BCUT2D eigenvalue weighted by Gasteiger charge is 2.32. The molecule has 0 heterocycles. The molecule has 1 rings (SSSR count). The summed E-state index contributed by atoms with van der Waals surface area (Å²) < 4.78 is 0. The quantitative estimate of drug-likeness (QED) is 0.272. The molecule has 1 N–H and O–H groups in total. The number of carbonyl (C=O) groups is 1. The van der Waals surface area contributed by atoms with Gasteiger partial charge in [0.15, 0.2) is 0 Å². The summed E-state index contributed by atoms with van der Waals surface area (Å²) in [7, 11) is 0. The zero-order chi connectivity index (χ0) is 18.1. The summed E-state index contributed by atoms with van der Waals surface area (Å²) in [6.07, 6.45) is 2.74. The average molecular weight is 347 g/mol. The number of carboxylic acid groups (broad SMARTS) is 1. The maximum Gasteiger partial charge on any atom is 0.303 e. The first-order chi connectivity index (χ1) is 11.4. The number of unbranched alkanes of at least 4 members (excludes halogenated alkanes) is 1. The Labute approximate surface area is 148 Å². The molecule has 0 aliphatic rings. The molecule has 0 spiro atoms. The van der Waals surface area contributed by atoms with Crippen LogP contribution in [0, 0.1) is 0 Å². The Balaban J connectivity index is 3.15. The Hall–Kier alpha value is -1.91. The molecule has 0 saturated heterocycles. The van der Waals surface area contributed by atoms with Crippen molar-refractivity contribution in [3.8, 4) is 0 Å². The van der Waals surface area contributed by atoms with Crippen LogP contribution in [-0.2, 0) is 10.5 Å². The van der Waals surface area contributed by atoms with E-state index in [1.165, 1.54) is 0 Å². The van der Waals surface area contributed by atoms with E-state index in [4.69, 9.17) is 17.3 Å². The number of aliphatic imine (C=N–C) groups is 1. The second kappa shape index (κ2) is 9.40. The van der Waals surface area contributed by atoms with Crippen molar-refractivity contribution in [3.63, 3.8) is 0 Å². The molecule has 130 valence electrons. The number of azo groups is 1. The van der Waals surface area contributed by atoms with Crippen molar-refractivity contribution in [2.24, 2.45) is 15.2 Å². The van der Waals surface area contributed by atoms with Gasteiger partial charge in [-0.1, -0.05) is 37.3 Å². The van der Waals surface area contributed by atoms with Gasteiger partial charge in [-0.2, -0.15) is 15.2 Å². The Morgan fingerprint density at radius 3 is 2.42 bits per heavy atom. The highest BCUT2D eigenvalue weighted by Crippen LogP contribution is 2.35. The van der Waals surface area contributed by atoms with Crippen LogP contribution in [0.15, 0.2) is 45.6 Å². The maximum atomic E-state index is 10.7. The topological polar surface area (TPSA) is 74.4 Å². The number of hydrogen-bond acceptors (Lipinski definition) is 5. The molecule has 1 atom stereocenters. The van der Waals surface area contributed by atoms with E-state index in [2.05, 4.69) is 27.3 Å². The first-order valence-electron chi connectivity index (χ1n) is 8.15. The van der Waals surface area contributed by atoms with Crippen LogP contribution in [0.5, 0.6) is 0 Å². The predicted octanol–water partition coefficient (Wildman–Crippen LogP) is 5.23. The van der Waals surface area contributed by atoms with Gasteiger partial charge in [-0.15, -0.1) is 0 Å². The monoisotopic (exact) mass is 347 g/mol. The Morgan fingerprint density at radius 1 is 1.21 bits per heavy atom. The summed E-state index contributed by atoms with van der Waals surface area (Å²) in [5, 5.41) is 20.3. The van der Waals surface area contributed by atoms with Crippen molar-refractivity contribution in [1.29, 1.82) is 0 Å². The predicted molar refractivity (Wildman–Crippen MR) is 98.5 cm³/mol. The molecule has 24 heavy (non-hydrogen) atoms. The van der Waals surface area contributed by atoms with E-state index in [1.54, 1.807) is 0 Å². The maximum absolute atomic E-state index is 10.7. The van der Waals surface area contributed by atoms with Gasteiger partial charge in [-0.3, -0.25) is 4.79 Å². The summed E-state index contributed by atoms with van der Waals surface area (Å²) in [5.74, 6) is -0.799. The summed E-state index contributed by atoms with van der Waals surface area (Å²) in [6.45, 7) is 6.08. The standard InChI is InChI=1S/C18H25N3O2S/c1-4-17(2,3)20-21-18(19-14-24,13-9-8-12-16(22)23)15-10-6-5-7-11-15/h5-7,10-11H,4,8-9,12-13H2,1-3H3,(H,22,23). The molecule has 0 fully saturated rings. The molecular formula is C18H25N3O2S. The van der Waals surface area contributed by atoms with E-state index in [0.717, 1.165) is 12.0 Å². The van der Waals surface area contributed by atoms with Crippen molar-refractivity contribution in [2.75, 3.05) is 0 Å². The van der Waals surface area contributed by atoms with Gasteiger partial charge in [0.2, 0.25) is 5.66 Å². The van der Waals surface area contributed by atoms with Gasteiger partial charge in [0.05, 0.1) is 10.7 Å². The Kier molecular flexibility index (Phi) is 7.89. The number of aliphatic carboxylic acids is 1. The van der Waals surface area contributed by atoms with Crippen LogP contribution in [0.3, 0.4) is 0 Å². The van der Waals surface area contributed by atoms with Gasteiger partial charge in [-0.25, -0.2) is 0 Å². The fourth-order valence-electron chi connectivity index (χ4n) is 2.11. The molecule has 5 nitrogen and oxygen atoms in total. The molecule has 6 heteroatoms. The van der Waals surface area contributed by atoms with Gasteiger partial charge in [0, 0.05) is 12.0 Å². The normalized spacial score (nSPS) is 14.1. The number of carboxylic acids is 1. The van der Waals surface area contributed by atoms with Gasteiger partial charge >= 0.3 is 5.97 Å². The lowest BCUT2D eigenvalue weighted by molar-refractivity contribution is -0.137. The minimum absolute atomic E-state index is 0.129. The number of nitrogens with zero attached hydrogens (tertiary/aromatic N) is 3. The highest BCUT2D eigenvalue weighted by atomic mass is 32.1. The van der Waals surface area contributed by atoms with Crippen LogP contribution in [0.2, 0.25) is 0 Å². The molecule has 0 radical (unpaired) electrons. The minimum atomic E-state index is -0.937. The van der Waals surface area contributed by atoms with E-state index >= 15 is 0 Å². The fraction of sp³-hybridized carbons (Fsp3) is 0.556. The molecular weight excluding hydrogens is 322 g/mol. The van der Waals surface area contributed by atoms with Crippen LogP contribution in [-0.4, -0.2) is 21.8 Å². The van der Waals surface area contributed by atoms with Crippen molar-refractivity contribution in [1.82, 2.24) is 0 Å². The molecule has 0 bridgehead atoms. The van der Waals surface area contributed by atoms with Crippen LogP contribution in [0.4, 0.5) is 0 Å². The molecule has 1 aromatic carbocycles. The summed E-state index contributed by atoms with van der Waals surface area (Å²) in [6, 6.07) is 9.63.